The third-order valence-electron chi connectivity index (χ3n) is 2.51. The van der Waals surface area contributed by atoms with Crippen molar-refractivity contribution in [3.63, 3.8) is 0 Å². The van der Waals surface area contributed by atoms with E-state index >= 15 is 0 Å². The van der Waals surface area contributed by atoms with E-state index in [2.05, 4.69) is 0 Å². The number of aryl methyl sites for hydroxylation is 1. The molecule has 82 valence electrons. The molecule has 0 radical (unpaired) electrons. The minimum Gasteiger partial charge on any atom is -0.227 e. The van der Waals surface area contributed by atoms with Crippen LogP contribution < -0.4 is 0 Å². The number of thiol groups is 1. The van der Waals surface area contributed by atoms with Crippen LogP contribution in [0.4, 0.5) is 0 Å². The van der Waals surface area contributed by atoms with Crippen molar-refractivity contribution in [2.75, 3.05) is 0 Å². The number of rotatable bonds is 2. The van der Waals surface area contributed by atoms with Gasteiger partial charge in [-0.3, -0.25) is 0 Å². The molecule has 0 atom stereocenters. The van der Waals surface area contributed by atoms with Gasteiger partial charge in [-0.25, -0.2) is 8.42 Å². The Kier molecular flexibility index (Phi) is 3.06. The first-order chi connectivity index (χ1) is 7.70. The monoisotopic (exact) mass is 232 g/mol. The van der Waals surface area contributed by atoms with Gasteiger partial charge in [0, 0.05) is 5.56 Å². The first kappa shape index (κ1) is 10.9. The maximum atomic E-state index is 11.2. The van der Waals surface area contributed by atoms with Gasteiger partial charge in [0.1, 0.15) is 0 Å². The van der Waals surface area contributed by atoms with E-state index in [0.717, 1.165) is 16.7 Å². The second-order valence-electron chi connectivity index (χ2n) is 3.59. The quantitative estimate of drug-likeness (QED) is 0.808. The third kappa shape index (κ3) is 1.99. The zero-order valence-corrected chi connectivity index (χ0v) is 9.78. The highest BCUT2D eigenvalue weighted by atomic mass is 32.2. The summed E-state index contributed by atoms with van der Waals surface area (Å²) in [5.41, 5.74) is 2.72. The normalized spacial score (nSPS) is 10.6. The summed E-state index contributed by atoms with van der Waals surface area (Å²) in [6, 6.07) is 14.9. The van der Waals surface area contributed by atoms with Crippen molar-refractivity contribution >= 4 is 10.7 Å². The molecule has 0 spiro atoms. The second-order valence-corrected chi connectivity index (χ2v) is 4.59. The summed E-state index contributed by atoms with van der Waals surface area (Å²) in [7, 11) is -2.56. The zero-order valence-electron chi connectivity index (χ0n) is 8.88. The van der Waals surface area contributed by atoms with E-state index in [0.29, 0.717) is 4.90 Å². The lowest BCUT2D eigenvalue weighted by Crippen LogP contribution is -1.90. The molecule has 0 bridgehead atoms. The Labute approximate surface area is 96.5 Å². The lowest BCUT2D eigenvalue weighted by atomic mass is 10.0. The highest BCUT2D eigenvalue weighted by Gasteiger charge is 2.09. The van der Waals surface area contributed by atoms with E-state index in [1.54, 1.807) is 12.1 Å². The Balaban J connectivity index is 2.73. The number of benzene rings is 2. The molecule has 0 aliphatic heterocycles. The molecule has 0 aliphatic carbocycles. The Morgan fingerprint density at radius 3 is 2.19 bits per heavy atom. The smallest absolute Gasteiger partial charge is 0.168 e. The third-order valence-corrected chi connectivity index (χ3v) is 3.28. The van der Waals surface area contributed by atoms with Crippen molar-refractivity contribution < 1.29 is 8.42 Å². The fourth-order valence-electron chi connectivity index (χ4n) is 1.78. The molecular formula is C13H12O2S. The van der Waals surface area contributed by atoms with E-state index in [1.807, 2.05) is 43.3 Å². The molecule has 0 aromatic heterocycles. The fraction of sp³-hybridized carbons (Fsp3) is 0.0769. The highest BCUT2D eigenvalue weighted by Crippen LogP contribution is 2.27. The summed E-state index contributed by atoms with van der Waals surface area (Å²) >= 11 is 0. The molecule has 0 aliphatic rings. The van der Waals surface area contributed by atoms with E-state index in [9.17, 15) is 8.42 Å². The van der Waals surface area contributed by atoms with Crippen molar-refractivity contribution in [3.8, 4) is 11.1 Å². The fourth-order valence-corrected chi connectivity index (χ4v) is 2.48. The highest BCUT2D eigenvalue weighted by molar-refractivity contribution is 7.72. The van der Waals surface area contributed by atoms with Gasteiger partial charge in [-0.1, -0.05) is 42.5 Å². The van der Waals surface area contributed by atoms with Crippen molar-refractivity contribution in [1.82, 2.24) is 0 Å². The molecule has 0 heterocycles. The van der Waals surface area contributed by atoms with Crippen LogP contribution in [-0.4, -0.2) is 8.42 Å². The number of hydrogen-bond acceptors (Lipinski definition) is 2. The first-order valence-electron chi connectivity index (χ1n) is 4.99. The van der Waals surface area contributed by atoms with Gasteiger partial charge >= 0.3 is 0 Å². The van der Waals surface area contributed by atoms with Gasteiger partial charge < -0.3 is 0 Å². The molecule has 2 aromatic carbocycles. The summed E-state index contributed by atoms with van der Waals surface area (Å²) in [5.74, 6) is 0. The van der Waals surface area contributed by atoms with Crippen molar-refractivity contribution in [3.05, 3.63) is 54.1 Å². The molecule has 16 heavy (non-hydrogen) atoms. The summed E-state index contributed by atoms with van der Waals surface area (Å²) in [6.45, 7) is 1.92. The maximum absolute atomic E-state index is 11.2. The molecule has 2 aromatic rings. The van der Waals surface area contributed by atoms with Crippen LogP contribution in [0.5, 0.6) is 0 Å². The lowest BCUT2D eigenvalue weighted by Gasteiger charge is -2.08. The average molecular weight is 232 g/mol. The average Bonchev–Trinajstić information content (AvgIpc) is 2.29. The predicted octanol–water partition coefficient (Wildman–Crippen LogP) is 2.63. The second kappa shape index (κ2) is 4.49. The van der Waals surface area contributed by atoms with Gasteiger partial charge in [0.15, 0.2) is 10.7 Å². The molecule has 0 N–H and O–H groups in total. The topological polar surface area (TPSA) is 34.1 Å². The maximum Gasteiger partial charge on any atom is 0.168 e. The Morgan fingerprint density at radius 1 is 0.875 bits per heavy atom. The van der Waals surface area contributed by atoms with Gasteiger partial charge in [0.25, 0.3) is 0 Å². The van der Waals surface area contributed by atoms with Crippen molar-refractivity contribution in [2.24, 2.45) is 0 Å². The minimum absolute atomic E-state index is 0.390. The summed E-state index contributed by atoms with van der Waals surface area (Å²) in [4.78, 5) is 0.390. The Hall–Kier alpha value is -1.61. The van der Waals surface area contributed by atoms with Crippen LogP contribution in [0, 0.1) is 6.92 Å². The molecule has 3 heteroatoms. The van der Waals surface area contributed by atoms with Gasteiger partial charge in [0.2, 0.25) is 0 Å². The van der Waals surface area contributed by atoms with Gasteiger partial charge in [0.05, 0.1) is 4.90 Å². The van der Waals surface area contributed by atoms with Crippen molar-refractivity contribution in [2.45, 2.75) is 11.8 Å². The summed E-state index contributed by atoms with van der Waals surface area (Å²) in [6.07, 6.45) is 0. The van der Waals surface area contributed by atoms with E-state index < -0.39 is 10.7 Å². The molecule has 0 saturated heterocycles. The predicted molar refractivity (Wildman–Crippen MR) is 65.2 cm³/mol. The van der Waals surface area contributed by atoms with Crippen LogP contribution >= 0.6 is 0 Å². The van der Waals surface area contributed by atoms with Crippen molar-refractivity contribution in [1.29, 1.82) is 0 Å². The van der Waals surface area contributed by atoms with E-state index in [1.165, 1.54) is 0 Å². The molecule has 2 rings (SSSR count). The molecule has 0 unspecified atom stereocenters. The van der Waals surface area contributed by atoms with Crippen LogP contribution in [0.3, 0.4) is 0 Å². The van der Waals surface area contributed by atoms with E-state index in [4.69, 9.17) is 0 Å². The van der Waals surface area contributed by atoms with Gasteiger partial charge in [-0.2, -0.15) is 0 Å². The molecule has 0 saturated carbocycles. The van der Waals surface area contributed by atoms with Crippen LogP contribution in [0.25, 0.3) is 11.1 Å². The van der Waals surface area contributed by atoms with Gasteiger partial charge in [-0.15, -0.1) is 0 Å². The van der Waals surface area contributed by atoms with Crippen LogP contribution in [-0.2, 0) is 10.7 Å². The van der Waals surface area contributed by atoms with Crippen LogP contribution in [0.1, 0.15) is 5.56 Å². The molecule has 0 amide bonds. The van der Waals surface area contributed by atoms with E-state index in [-0.39, 0.29) is 0 Å². The minimum atomic E-state index is -2.56. The molecule has 2 nitrogen and oxygen atoms in total. The van der Waals surface area contributed by atoms with Crippen LogP contribution in [0.15, 0.2) is 53.4 Å². The standard InChI is InChI=1S/C13H12O2S/c1-10-6-5-9-12(16(14)15)13(10)11-7-3-2-4-8-11/h2-9,16H,1H3. The number of hydrogen-bond donors (Lipinski definition) is 1. The molecular weight excluding hydrogens is 220 g/mol. The lowest BCUT2D eigenvalue weighted by molar-refractivity contribution is 0.615. The SMILES string of the molecule is Cc1cccc([SH](=O)=O)c1-c1ccccc1. The first-order valence-corrected chi connectivity index (χ1v) is 6.17. The Morgan fingerprint density at radius 2 is 1.56 bits per heavy atom. The molecule has 0 fully saturated rings. The van der Waals surface area contributed by atoms with Crippen LogP contribution in [0.2, 0.25) is 0 Å². The Bertz CT molecular complexity index is 564. The summed E-state index contributed by atoms with van der Waals surface area (Å²) in [5, 5.41) is 0. The summed E-state index contributed by atoms with van der Waals surface area (Å²) < 4.78 is 22.4. The zero-order chi connectivity index (χ0) is 11.5. The van der Waals surface area contributed by atoms with Gasteiger partial charge in [-0.05, 0) is 24.1 Å². The largest absolute Gasteiger partial charge is 0.227 e.